The van der Waals surface area contributed by atoms with Gasteiger partial charge in [0.25, 0.3) is 0 Å². The smallest absolute Gasteiger partial charge is 0.202 e. The lowest BCUT2D eigenvalue weighted by molar-refractivity contribution is 0.411. The predicted octanol–water partition coefficient (Wildman–Crippen LogP) is 3.71. The van der Waals surface area contributed by atoms with Crippen molar-refractivity contribution in [2.45, 2.75) is 13.5 Å². The monoisotopic (exact) mass is 333 g/mol. The Kier molecular flexibility index (Phi) is 3.96. The van der Waals surface area contributed by atoms with E-state index in [1.165, 1.54) is 0 Å². The predicted molar refractivity (Wildman–Crippen MR) is 91.5 cm³/mol. The minimum atomic E-state index is 0.479. The van der Waals surface area contributed by atoms with E-state index in [9.17, 15) is 0 Å². The Morgan fingerprint density at radius 1 is 1.08 bits per heavy atom. The van der Waals surface area contributed by atoms with Crippen molar-refractivity contribution in [2.75, 3.05) is 5.32 Å². The second kappa shape index (κ2) is 6.56. The van der Waals surface area contributed by atoms with E-state index in [1.54, 1.807) is 24.7 Å². The van der Waals surface area contributed by atoms with E-state index in [2.05, 4.69) is 25.4 Å². The lowest BCUT2D eigenvalue weighted by Gasteiger charge is -2.07. The van der Waals surface area contributed by atoms with Crippen molar-refractivity contribution < 1.29 is 8.94 Å². The van der Waals surface area contributed by atoms with Gasteiger partial charge in [-0.15, -0.1) is 0 Å². The molecule has 7 nitrogen and oxygen atoms in total. The quantitative estimate of drug-likeness (QED) is 0.595. The zero-order valence-corrected chi connectivity index (χ0v) is 13.5. The summed E-state index contributed by atoms with van der Waals surface area (Å²) in [6.07, 6.45) is 5.06. The maximum atomic E-state index is 5.30. The Bertz CT molecular complexity index is 964. The van der Waals surface area contributed by atoms with Crippen LogP contribution in [0.3, 0.4) is 0 Å². The molecule has 0 radical (unpaired) electrons. The zero-order valence-electron chi connectivity index (χ0n) is 13.5. The van der Waals surface area contributed by atoms with Gasteiger partial charge in [-0.1, -0.05) is 5.16 Å². The first-order chi connectivity index (χ1) is 12.3. The third-order valence-electron chi connectivity index (χ3n) is 3.55. The normalized spacial score (nSPS) is 10.8. The number of furan rings is 1. The number of aryl methyl sites for hydroxylation is 1. The number of pyridine rings is 1. The van der Waals surface area contributed by atoms with Crippen molar-refractivity contribution in [1.82, 2.24) is 20.1 Å². The molecule has 0 aromatic carbocycles. The Labute approximate surface area is 143 Å². The van der Waals surface area contributed by atoms with Gasteiger partial charge in [0, 0.05) is 35.8 Å². The molecular formula is C18H15N5O2. The van der Waals surface area contributed by atoms with Crippen molar-refractivity contribution in [3.63, 3.8) is 0 Å². The summed E-state index contributed by atoms with van der Waals surface area (Å²) in [6, 6.07) is 11.1. The summed E-state index contributed by atoms with van der Waals surface area (Å²) in [5.74, 6) is 2.59. The Morgan fingerprint density at radius 3 is 2.84 bits per heavy atom. The number of rotatable bonds is 5. The van der Waals surface area contributed by atoms with Gasteiger partial charge < -0.3 is 14.3 Å². The highest BCUT2D eigenvalue weighted by Crippen LogP contribution is 2.21. The molecule has 0 saturated carbocycles. The number of hydrogen-bond acceptors (Lipinski definition) is 7. The summed E-state index contributed by atoms with van der Waals surface area (Å²) < 4.78 is 10.6. The molecule has 4 heterocycles. The van der Waals surface area contributed by atoms with E-state index in [4.69, 9.17) is 8.94 Å². The number of nitrogens with zero attached hydrogens (tertiary/aromatic N) is 4. The van der Waals surface area contributed by atoms with Gasteiger partial charge in [-0.3, -0.25) is 4.98 Å². The summed E-state index contributed by atoms with van der Waals surface area (Å²) in [5, 5.41) is 7.29. The average molecular weight is 333 g/mol. The molecule has 4 rings (SSSR count). The van der Waals surface area contributed by atoms with Crippen LogP contribution in [0.4, 0.5) is 5.82 Å². The topological polar surface area (TPSA) is 89.9 Å². The minimum absolute atomic E-state index is 0.479. The molecule has 0 unspecified atom stereocenters. The van der Waals surface area contributed by atoms with Crippen molar-refractivity contribution in [1.29, 1.82) is 0 Å². The molecule has 0 aliphatic heterocycles. The van der Waals surface area contributed by atoms with Crippen molar-refractivity contribution in [3.05, 3.63) is 66.4 Å². The Hall–Kier alpha value is -3.48. The van der Waals surface area contributed by atoms with Crippen molar-refractivity contribution in [3.8, 4) is 22.9 Å². The molecule has 0 amide bonds. The first kappa shape index (κ1) is 15.1. The third-order valence-corrected chi connectivity index (χ3v) is 3.55. The maximum Gasteiger partial charge on any atom is 0.202 e. The fraction of sp³-hybridized carbons (Fsp3) is 0.111. The van der Waals surface area contributed by atoms with Gasteiger partial charge in [0.15, 0.2) is 11.6 Å². The largest absolute Gasteiger partial charge is 0.461 e. The second-order valence-electron chi connectivity index (χ2n) is 5.47. The van der Waals surface area contributed by atoms with Gasteiger partial charge in [0.1, 0.15) is 11.5 Å². The highest BCUT2D eigenvalue weighted by atomic mass is 16.5. The number of anilines is 1. The molecule has 0 aliphatic carbocycles. The van der Waals surface area contributed by atoms with Crippen LogP contribution in [0.25, 0.3) is 22.9 Å². The van der Waals surface area contributed by atoms with Crippen LogP contribution in [0.5, 0.6) is 0 Å². The zero-order chi connectivity index (χ0) is 17.1. The van der Waals surface area contributed by atoms with Crippen LogP contribution in [0, 0.1) is 6.92 Å². The van der Waals surface area contributed by atoms with Gasteiger partial charge in [-0.05, 0) is 31.2 Å². The summed E-state index contributed by atoms with van der Waals surface area (Å²) in [7, 11) is 0. The third kappa shape index (κ3) is 3.40. The average Bonchev–Trinajstić information content (AvgIpc) is 3.32. The molecule has 4 aromatic rings. The molecule has 0 fully saturated rings. The first-order valence-electron chi connectivity index (χ1n) is 7.77. The van der Waals surface area contributed by atoms with Crippen LogP contribution in [0.15, 0.2) is 64.0 Å². The van der Waals surface area contributed by atoms with Crippen LogP contribution >= 0.6 is 0 Å². The van der Waals surface area contributed by atoms with Gasteiger partial charge in [0.05, 0.1) is 12.8 Å². The van der Waals surface area contributed by atoms with E-state index < -0.39 is 0 Å². The van der Waals surface area contributed by atoms with Crippen LogP contribution < -0.4 is 5.32 Å². The SMILES string of the molecule is Cc1cc(NCc2cc(-c3ccco3)on2)nc(-c2cccnc2)n1. The van der Waals surface area contributed by atoms with E-state index in [0.29, 0.717) is 29.7 Å². The van der Waals surface area contributed by atoms with Gasteiger partial charge >= 0.3 is 0 Å². The molecular weight excluding hydrogens is 318 g/mol. The molecule has 124 valence electrons. The van der Waals surface area contributed by atoms with Crippen molar-refractivity contribution >= 4 is 5.82 Å². The number of nitrogens with one attached hydrogen (secondary N) is 1. The fourth-order valence-electron chi connectivity index (χ4n) is 2.39. The lowest BCUT2D eigenvalue weighted by atomic mass is 10.2. The molecule has 7 heteroatoms. The van der Waals surface area contributed by atoms with E-state index in [0.717, 1.165) is 17.0 Å². The molecule has 0 atom stereocenters. The lowest BCUT2D eigenvalue weighted by Crippen LogP contribution is -2.04. The highest BCUT2D eigenvalue weighted by molar-refractivity contribution is 5.56. The summed E-state index contributed by atoms with van der Waals surface area (Å²) in [4.78, 5) is 13.1. The van der Waals surface area contributed by atoms with E-state index in [-0.39, 0.29) is 0 Å². The summed E-state index contributed by atoms with van der Waals surface area (Å²) in [6.45, 7) is 2.41. The molecule has 0 aliphatic rings. The molecule has 0 spiro atoms. The van der Waals surface area contributed by atoms with Crippen LogP contribution in [-0.4, -0.2) is 20.1 Å². The Morgan fingerprint density at radius 2 is 2.04 bits per heavy atom. The van der Waals surface area contributed by atoms with Gasteiger partial charge in [-0.25, -0.2) is 9.97 Å². The van der Waals surface area contributed by atoms with Crippen molar-refractivity contribution in [2.24, 2.45) is 0 Å². The minimum Gasteiger partial charge on any atom is -0.461 e. The molecule has 0 bridgehead atoms. The first-order valence-corrected chi connectivity index (χ1v) is 7.77. The van der Waals surface area contributed by atoms with Gasteiger partial charge in [-0.2, -0.15) is 0 Å². The van der Waals surface area contributed by atoms with E-state index in [1.807, 2.05) is 37.3 Å². The number of hydrogen-bond donors (Lipinski definition) is 1. The van der Waals surface area contributed by atoms with Gasteiger partial charge in [0.2, 0.25) is 5.76 Å². The summed E-state index contributed by atoms with van der Waals surface area (Å²) in [5.41, 5.74) is 2.49. The maximum absolute atomic E-state index is 5.30. The molecule has 4 aromatic heterocycles. The molecule has 1 N–H and O–H groups in total. The standard InChI is InChI=1S/C18H15N5O2/c1-12-8-17(22-18(21-12)13-4-2-6-19-10-13)20-11-14-9-16(25-23-14)15-5-3-7-24-15/h2-10H,11H2,1H3,(H,20,21,22). The van der Waals surface area contributed by atoms with Crippen LogP contribution in [-0.2, 0) is 6.54 Å². The highest BCUT2D eigenvalue weighted by Gasteiger charge is 2.10. The van der Waals surface area contributed by atoms with Crippen LogP contribution in [0.2, 0.25) is 0 Å². The molecule has 0 saturated heterocycles. The van der Waals surface area contributed by atoms with E-state index >= 15 is 0 Å². The second-order valence-corrected chi connectivity index (χ2v) is 5.47. The summed E-state index contributed by atoms with van der Waals surface area (Å²) >= 11 is 0. The number of aromatic nitrogens is 4. The Balaban J connectivity index is 1.51. The fourth-order valence-corrected chi connectivity index (χ4v) is 2.39. The van der Waals surface area contributed by atoms with Crippen LogP contribution in [0.1, 0.15) is 11.4 Å². The molecule has 25 heavy (non-hydrogen) atoms.